The predicted octanol–water partition coefficient (Wildman–Crippen LogP) is 3.73. The maximum Gasteiger partial charge on any atom is 0.137 e. The lowest BCUT2D eigenvalue weighted by atomic mass is 10.1. The number of aromatic nitrogens is 2. The summed E-state index contributed by atoms with van der Waals surface area (Å²) >= 11 is 0. The first kappa shape index (κ1) is 13.5. The summed E-state index contributed by atoms with van der Waals surface area (Å²) in [5.74, 6) is 0.645. The van der Waals surface area contributed by atoms with Gasteiger partial charge in [-0.3, -0.25) is 0 Å². The highest BCUT2D eigenvalue weighted by Crippen LogP contribution is 2.18. The SMILES string of the molecule is Cc1cc(F)ccc1CCNc1ncnc2ccccc12. The molecular weight excluding hydrogens is 265 g/mol. The van der Waals surface area contributed by atoms with Crippen LogP contribution in [0, 0.1) is 12.7 Å². The summed E-state index contributed by atoms with van der Waals surface area (Å²) in [7, 11) is 0. The van der Waals surface area contributed by atoms with Gasteiger partial charge in [-0.05, 0) is 48.7 Å². The molecule has 0 aliphatic heterocycles. The van der Waals surface area contributed by atoms with Gasteiger partial charge in [-0.15, -0.1) is 0 Å². The van der Waals surface area contributed by atoms with Crippen LogP contribution in [0.3, 0.4) is 0 Å². The van der Waals surface area contributed by atoms with Gasteiger partial charge < -0.3 is 5.32 Å². The lowest BCUT2D eigenvalue weighted by Crippen LogP contribution is -2.08. The van der Waals surface area contributed by atoms with Crippen molar-refractivity contribution in [1.29, 1.82) is 0 Å². The number of aryl methyl sites for hydroxylation is 1. The molecule has 2 aromatic carbocycles. The Hall–Kier alpha value is -2.49. The molecule has 3 nitrogen and oxygen atoms in total. The molecule has 0 aliphatic rings. The third kappa shape index (κ3) is 2.99. The first-order valence-electron chi connectivity index (χ1n) is 6.93. The van der Waals surface area contributed by atoms with Gasteiger partial charge in [0.15, 0.2) is 0 Å². The van der Waals surface area contributed by atoms with E-state index in [1.54, 1.807) is 12.4 Å². The maximum absolute atomic E-state index is 13.1. The van der Waals surface area contributed by atoms with Crippen LogP contribution in [0.1, 0.15) is 11.1 Å². The van der Waals surface area contributed by atoms with Gasteiger partial charge in [0.2, 0.25) is 0 Å². The van der Waals surface area contributed by atoms with Gasteiger partial charge >= 0.3 is 0 Å². The first-order chi connectivity index (χ1) is 10.2. The Balaban J connectivity index is 1.72. The summed E-state index contributed by atoms with van der Waals surface area (Å²) in [4.78, 5) is 8.53. The van der Waals surface area contributed by atoms with Crippen molar-refractivity contribution in [3.05, 3.63) is 65.7 Å². The summed E-state index contributed by atoms with van der Waals surface area (Å²) < 4.78 is 13.1. The number of nitrogens with one attached hydrogen (secondary N) is 1. The van der Waals surface area contributed by atoms with Crippen LogP contribution >= 0.6 is 0 Å². The molecule has 106 valence electrons. The highest BCUT2D eigenvalue weighted by atomic mass is 19.1. The summed E-state index contributed by atoms with van der Waals surface area (Å²) in [6.45, 7) is 2.67. The third-order valence-electron chi connectivity index (χ3n) is 3.53. The molecule has 0 aliphatic carbocycles. The maximum atomic E-state index is 13.1. The van der Waals surface area contributed by atoms with E-state index in [1.807, 2.05) is 37.3 Å². The quantitative estimate of drug-likeness (QED) is 0.791. The van der Waals surface area contributed by atoms with Gasteiger partial charge in [-0.25, -0.2) is 14.4 Å². The van der Waals surface area contributed by atoms with Crippen molar-refractivity contribution in [2.24, 2.45) is 0 Å². The molecule has 0 fully saturated rings. The van der Waals surface area contributed by atoms with E-state index in [0.717, 1.165) is 40.8 Å². The van der Waals surface area contributed by atoms with Crippen molar-refractivity contribution in [2.75, 3.05) is 11.9 Å². The molecule has 1 N–H and O–H groups in total. The van der Waals surface area contributed by atoms with Crippen molar-refractivity contribution in [2.45, 2.75) is 13.3 Å². The summed E-state index contributed by atoms with van der Waals surface area (Å²) in [5, 5.41) is 4.34. The monoisotopic (exact) mass is 281 g/mol. The summed E-state index contributed by atoms with van der Waals surface area (Å²) in [5.41, 5.74) is 3.04. The molecule has 1 aromatic heterocycles. The minimum atomic E-state index is -0.189. The Morgan fingerprint density at radius 3 is 2.81 bits per heavy atom. The van der Waals surface area contributed by atoms with E-state index in [9.17, 15) is 4.39 Å². The van der Waals surface area contributed by atoms with E-state index in [-0.39, 0.29) is 5.82 Å². The number of hydrogen-bond acceptors (Lipinski definition) is 3. The minimum Gasteiger partial charge on any atom is -0.369 e. The number of benzene rings is 2. The minimum absolute atomic E-state index is 0.189. The van der Waals surface area contributed by atoms with Crippen molar-refractivity contribution in [1.82, 2.24) is 9.97 Å². The smallest absolute Gasteiger partial charge is 0.137 e. The first-order valence-corrected chi connectivity index (χ1v) is 6.93. The molecule has 0 bridgehead atoms. The second-order valence-electron chi connectivity index (χ2n) is 4.99. The molecule has 0 atom stereocenters. The lowest BCUT2D eigenvalue weighted by Gasteiger charge is -2.09. The zero-order valence-corrected chi connectivity index (χ0v) is 11.8. The standard InChI is InChI=1S/C17H16FN3/c1-12-10-14(18)7-6-13(12)8-9-19-17-15-4-2-3-5-16(15)20-11-21-17/h2-7,10-11H,8-9H2,1H3,(H,19,20,21). The normalized spacial score (nSPS) is 10.8. The van der Waals surface area contributed by atoms with Gasteiger partial charge in [-0.1, -0.05) is 18.2 Å². The average Bonchev–Trinajstić information content (AvgIpc) is 2.50. The van der Waals surface area contributed by atoms with E-state index < -0.39 is 0 Å². The van der Waals surface area contributed by atoms with Crippen LogP contribution in [0.5, 0.6) is 0 Å². The Morgan fingerprint density at radius 2 is 1.95 bits per heavy atom. The van der Waals surface area contributed by atoms with Gasteiger partial charge in [0.05, 0.1) is 5.52 Å². The van der Waals surface area contributed by atoms with E-state index >= 15 is 0 Å². The van der Waals surface area contributed by atoms with Crippen LogP contribution in [0.2, 0.25) is 0 Å². The molecule has 3 rings (SSSR count). The van der Waals surface area contributed by atoms with Crippen molar-refractivity contribution in [3.63, 3.8) is 0 Å². The zero-order valence-electron chi connectivity index (χ0n) is 11.8. The fraction of sp³-hybridized carbons (Fsp3) is 0.176. The lowest BCUT2D eigenvalue weighted by molar-refractivity contribution is 0.625. The molecule has 3 aromatic rings. The number of halogens is 1. The number of para-hydroxylation sites is 1. The number of nitrogens with zero attached hydrogens (tertiary/aromatic N) is 2. The van der Waals surface area contributed by atoms with E-state index in [1.165, 1.54) is 6.07 Å². The molecule has 0 saturated heterocycles. The van der Waals surface area contributed by atoms with Gasteiger partial charge in [0.1, 0.15) is 18.0 Å². The molecular formula is C17H16FN3. The van der Waals surface area contributed by atoms with Gasteiger partial charge in [-0.2, -0.15) is 0 Å². The molecule has 21 heavy (non-hydrogen) atoms. The predicted molar refractivity (Wildman–Crippen MR) is 82.9 cm³/mol. The molecule has 0 unspecified atom stereocenters. The Bertz CT molecular complexity index is 766. The van der Waals surface area contributed by atoms with Gasteiger partial charge in [0.25, 0.3) is 0 Å². The van der Waals surface area contributed by atoms with E-state index in [0.29, 0.717) is 0 Å². The topological polar surface area (TPSA) is 37.8 Å². The van der Waals surface area contributed by atoms with E-state index in [4.69, 9.17) is 0 Å². The van der Waals surface area contributed by atoms with Crippen LogP contribution in [0.4, 0.5) is 10.2 Å². The zero-order chi connectivity index (χ0) is 14.7. The summed E-state index contributed by atoms with van der Waals surface area (Å²) in [6, 6.07) is 12.8. The number of rotatable bonds is 4. The molecule has 0 amide bonds. The highest BCUT2D eigenvalue weighted by molar-refractivity contribution is 5.88. The number of fused-ring (bicyclic) bond motifs is 1. The van der Waals surface area contributed by atoms with Crippen molar-refractivity contribution >= 4 is 16.7 Å². The second kappa shape index (κ2) is 5.87. The molecule has 0 spiro atoms. The fourth-order valence-corrected chi connectivity index (χ4v) is 2.40. The second-order valence-corrected chi connectivity index (χ2v) is 4.99. The highest BCUT2D eigenvalue weighted by Gasteiger charge is 2.03. The van der Waals surface area contributed by atoms with Gasteiger partial charge in [0, 0.05) is 11.9 Å². The Morgan fingerprint density at radius 1 is 1.10 bits per heavy atom. The van der Waals surface area contributed by atoms with Crippen LogP contribution in [-0.2, 0) is 6.42 Å². The van der Waals surface area contributed by atoms with E-state index in [2.05, 4.69) is 15.3 Å². The molecule has 4 heteroatoms. The van der Waals surface area contributed by atoms with Crippen LogP contribution in [0.15, 0.2) is 48.8 Å². The largest absolute Gasteiger partial charge is 0.369 e. The molecule has 1 heterocycles. The average molecular weight is 281 g/mol. The van der Waals surface area contributed by atoms with Crippen molar-refractivity contribution in [3.8, 4) is 0 Å². The number of anilines is 1. The molecule has 0 saturated carbocycles. The number of hydrogen-bond donors (Lipinski definition) is 1. The van der Waals surface area contributed by atoms with Crippen molar-refractivity contribution < 1.29 is 4.39 Å². The van der Waals surface area contributed by atoms with Crippen LogP contribution in [0.25, 0.3) is 10.9 Å². The Kier molecular flexibility index (Phi) is 3.77. The molecule has 0 radical (unpaired) electrons. The Labute approximate surface area is 122 Å². The fourth-order valence-electron chi connectivity index (χ4n) is 2.40. The van der Waals surface area contributed by atoms with Crippen LogP contribution in [-0.4, -0.2) is 16.5 Å². The third-order valence-corrected chi connectivity index (χ3v) is 3.53. The van der Waals surface area contributed by atoms with Crippen LogP contribution < -0.4 is 5.32 Å². The summed E-state index contributed by atoms with van der Waals surface area (Å²) in [6.07, 6.45) is 2.39.